The molecule has 3 heteroatoms. The SMILES string of the molecule is CC(C)Cc1ccc(CCc2nc(O)c(-c3ccccc3)s2)cc1. The van der Waals surface area contributed by atoms with Crippen LogP contribution in [-0.2, 0) is 19.3 Å². The molecule has 3 aromatic rings. The monoisotopic (exact) mass is 337 g/mol. The molecule has 24 heavy (non-hydrogen) atoms. The van der Waals surface area contributed by atoms with Gasteiger partial charge in [0.1, 0.15) is 0 Å². The molecule has 1 aromatic heterocycles. The summed E-state index contributed by atoms with van der Waals surface area (Å²) in [4.78, 5) is 5.19. The molecule has 3 rings (SSSR count). The van der Waals surface area contributed by atoms with Crippen molar-refractivity contribution in [3.8, 4) is 16.3 Å². The third kappa shape index (κ3) is 4.24. The predicted molar refractivity (Wildman–Crippen MR) is 102 cm³/mol. The van der Waals surface area contributed by atoms with Crippen LogP contribution < -0.4 is 0 Å². The van der Waals surface area contributed by atoms with Gasteiger partial charge in [0.15, 0.2) is 0 Å². The smallest absolute Gasteiger partial charge is 0.230 e. The van der Waals surface area contributed by atoms with Crippen molar-refractivity contribution in [1.29, 1.82) is 0 Å². The average Bonchev–Trinajstić information content (AvgIpc) is 2.95. The molecule has 0 aliphatic rings. The van der Waals surface area contributed by atoms with Crippen LogP contribution in [0.3, 0.4) is 0 Å². The van der Waals surface area contributed by atoms with Crippen molar-refractivity contribution in [2.24, 2.45) is 5.92 Å². The molecule has 0 aliphatic carbocycles. The maximum atomic E-state index is 10.1. The summed E-state index contributed by atoms with van der Waals surface area (Å²) in [7, 11) is 0. The molecule has 1 heterocycles. The van der Waals surface area contributed by atoms with E-state index in [9.17, 15) is 5.11 Å². The molecule has 0 atom stereocenters. The van der Waals surface area contributed by atoms with Gasteiger partial charge in [-0.05, 0) is 35.4 Å². The molecule has 124 valence electrons. The number of hydrogen-bond donors (Lipinski definition) is 1. The van der Waals surface area contributed by atoms with E-state index in [1.807, 2.05) is 30.3 Å². The molecule has 0 amide bonds. The Morgan fingerprint density at radius 2 is 1.58 bits per heavy atom. The molecule has 0 bridgehead atoms. The van der Waals surface area contributed by atoms with Gasteiger partial charge in [0.2, 0.25) is 5.88 Å². The minimum absolute atomic E-state index is 0.147. The van der Waals surface area contributed by atoms with Crippen molar-refractivity contribution >= 4 is 11.3 Å². The summed E-state index contributed by atoms with van der Waals surface area (Å²) in [6, 6.07) is 18.8. The van der Waals surface area contributed by atoms with Crippen LogP contribution in [0.4, 0.5) is 0 Å². The molecule has 1 N–H and O–H groups in total. The second-order valence-corrected chi connectivity index (χ2v) is 7.62. The second-order valence-electron chi connectivity index (χ2n) is 6.54. The van der Waals surface area contributed by atoms with Crippen LogP contribution in [0.15, 0.2) is 54.6 Å². The first-order chi connectivity index (χ1) is 11.6. The first-order valence-electron chi connectivity index (χ1n) is 8.43. The van der Waals surface area contributed by atoms with Gasteiger partial charge in [-0.3, -0.25) is 0 Å². The van der Waals surface area contributed by atoms with E-state index in [1.54, 1.807) is 11.3 Å². The maximum Gasteiger partial charge on any atom is 0.230 e. The summed E-state index contributed by atoms with van der Waals surface area (Å²) in [5.41, 5.74) is 3.74. The van der Waals surface area contributed by atoms with Gasteiger partial charge >= 0.3 is 0 Å². The largest absolute Gasteiger partial charge is 0.492 e. The lowest BCUT2D eigenvalue weighted by atomic mass is 10.0. The summed E-state index contributed by atoms with van der Waals surface area (Å²) in [6.45, 7) is 4.49. The van der Waals surface area contributed by atoms with E-state index >= 15 is 0 Å². The van der Waals surface area contributed by atoms with Crippen molar-refractivity contribution in [3.05, 3.63) is 70.7 Å². The van der Waals surface area contributed by atoms with Crippen molar-refractivity contribution < 1.29 is 5.11 Å². The Labute approximate surface area is 147 Å². The first-order valence-corrected chi connectivity index (χ1v) is 9.25. The van der Waals surface area contributed by atoms with Gasteiger partial charge in [-0.2, -0.15) is 0 Å². The van der Waals surface area contributed by atoms with Gasteiger partial charge in [0.05, 0.1) is 9.88 Å². The number of aromatic nitrogens is 1. The fourth-order valence-electron chi connectivity index (χ4n) is 2.80. The Morgan fingerprint density at radius 3 is 2.25 bits per heavy atom. The van der Waals surface area contributed by atoms with Gasteiger partial charge in [0, 0.05) is 6.42 Å². The molecule has 0 fully saturated rings. The Bertz CT molecular complexity index is 775. The third-order valence-corrected chi connectivity index (χ3v) is 5.14. The molecule has 0 saturated carbocycles. The van der Waals surface area contributed by atoms with Crippen LogP contribution in [0.25, 0.3) is 10.4 Å². The number of aryl methyl sites for hydroxylation is 2. The molecular formula is C21H23NOS. The zero-order valence-corrected chi connectivity index (χ0v) is 15.0. The van der Waals surface area contributed by atoms with E-state index < -0.39 is 0 Å². The minimum Gasteiger partial charge on any atom is -0.492 e. The normalized spacial score (nSPS) is 11.1. The molecule has 2 aromatic carbocycles. The zero-order valence-electron chi connectivity index (χ0n) is 14.2. The minimum atomic E-state index is 0.147. The molecule has 0 spiro atoms. The molecule has 0 radical (unpaired) electrons. The van der Waals surface area contributed by atoms with Gasteiger partial charge in [0.25, 0.3) is 0 Å². The van der Waals surface area contributed by atoms with Crippen molar-refractivity contribution in [1.82, 2.24) is 4.98 Å². The summed E-state index contributed by atoms with van der Waals surface area (Å²) < 4.78 is 0. The molecule has 0 saturated heterocycles. The number of benzene rings is 2. The Morgan fingerprint density at radius 1 is 0.917 bits per heavy atom. The lowest BCUT2D eigenvalue weighted by Crippen LogP contribution is -1.95. The van der Waals surface area contributed by atoms with E-state index in [0.717, 1.165) is 34.7 Å². The predicted octanol–water partition coefficient (Wildman–Crippen LogP) is 5.50. The highest BCUT2D eigenvalue weighted by Gasteiger charge is 2.12. The van der Waals surface area contributed by atoms with Gasteiger partial charge in [-0.1, -0.05) is 68.4 Å². The standard InChI is InChI=1S/C21H23NOS/c1-15(2)14-17-10-8-16(9-11-17)12-13-19-22-21(23)20(24-19)18-6-4-3-5-7-18/h3-11,15,23H,12-14H2,1-2H3. The fraction of sp³-hybridized carbons (Fsp3) is 0.286. The van der Waals surface area contributed by atoms with Gasteiger partial charge < -0.3 is 5.11 Å². The van der Waals surface area contributed by atoms with Crippen LogP contribution in [0, 0.1) is 5.92 Å². The van der Waals surface area contributed by atoms with E-state index in [4.69, 9.17) is 0 Å². The highest BCUT2D eigenvalue weighted by molar-refractivity contribution is 7.15. The lowest BCUT2D eigenvalue weighted by Gasteiger charge is -2.06. The molecule has 2 nitrogen and oxygen atoms in total. The number of aromatic hydroxyl groups is 1. The zero-order chi connectivity index (χ0) is 16.9. The first kappa shape index (κ1) is 16.7. The summed E-state index contributed by atoms with van der Waals surface area (Å²) >= 11 is 1.58. The van der Waals surface area contributed by atoms with Crippen molar-refractivity contribution in [2.75, 3.05) is 0 Å². The summed E-state index contributed by atoms with van der Waals surface area (Å²) in [6.07, 6.45) is 2.93. The second kappa shape index (κ2) is 7.63. The van der Waals surface area contributed by atoms with Crippen molar-refractivity contribution in [2.45, 2.75) is 33.1 Å². The average molecular weight is 337 g/mol. The van der Waals surface area contributed by atoms with E-state index in [0.29, 0.717) is 5.92 Å². The van der Waals surface area contributed by atoms with Crippen LogP contribution in [-0.4, -0.2) is 10.1 Å². The highest BCUT2D eigenvalue weighted by atomic mass is 32.1. The number of hydrogen-bond acceptors (Lipinski definition) is 3. The Balaban J connectivity index is 1.65. The van der Waals surface area contributed by atoms with E-state index in [2.05, 4.69) is 43.1 Å². The topological polar surface area (TPSA) is 33.1 Å². The quantitative estimate of drug-likeness (QED) is 0.644. The Hall–Kier alpha value is -2.13. The molecule has 0 unspecified atom stereocenters. The number of rotatable bonds is 6. The van der Waals surface area contributed by atoms with Crippen LogP contribution in [0.2, 0.25) is 0 Å². The van der Waals surface area contributed by atoms with Crippen LogP contribution in [0.1, 0.15) is 30.0 Å². The van der Waals surface area contributed by atoms with Crippen LogP contribution in [0.5, 0.6) is 5.88 Å². The fourth-order valence-corrected chi connectivity index (χ4v) is 3.77. The molecular weight excluding hydrogens is 314 g/mol. The maximum absolute atomic E-state index is 10.1. The highest BCUT2D eigenvalue weighted by Crippen LogP contribution is 2.35. The molecule has 0 aliphatic heterocycles. The van der Waals surface area contributed by atoms with Crippen LogP contribution >= 0.6 is 11.3 Å². The number of thiazole rings is 1. The summed E-state index contributed by atoms with van der Waals surface area (Å²) in [5, 5.41) is 11.1. The van der Waals surface area contributed by atoms with E-state index in [1.165, 1.54) is 11.1 Å². The lowest BCUT2D eigenvalue weighted by molar-refractivity contribution is 0.457. The number of nitrogens with zero attached hydrogens (tertiary/aromatic N) is 1. The van der Waals surface area contributed by atoms with E-state index in [-0.39, 0.29) is 5.88 Å². The third-order valence-electron chi connectivity index (χ3n) is 3.98. The van der Waals surface area contributed by atoms with Gasteiger partial charge in [-0.15, -0.1) is 11.3 Å². The van der Waals surface area contributed by atoms with Gasteiger partial charge in [-0.25, -0.2) is 4.98 Å². The summed E-state index contributed by atoms with van der Waals surface area (Å²) in [5.74, 6) is 0.832. The Kier molecular flexibility index (Phi) is 5.31. The van der Waals surface area contributed by atoms with Crippen molar-refractivity contribution in [3.63, 3.8) is 0 Å².